The van der Waals surface area contributed by atoms with Gasteiger partial charge in [-0.05, 0) is 91.6 Å². The fraction of sp³-hybridized carbons (Fsp3) is 0.682. The number of ether oxygens (including phenoxy) is 5. The van der Waals surface area contributed by atoms with Gasteiger partial charge in [0, 0.05) is 24.1 Å². The van der Waals surface area contributed by atoms with Crippen molar-refractivity contribution in [1.29, 1.82) is 0 Å². The van der Waals surface area contributed by atoms with E-state index in [0.29, 0.717) is 29.1 Å². The first-order valence-electron chi connectivity index (χ1n) is 21.5. The number of carbonyl (C=O) groups is 3. The second-order valence-corrected chi connectivity index (χ2v) is 17.7. The summed E-state index contributed by atoms with van der Waals surface area (Å²) in [6.07, 6.45) is -5.20. The number of ketones is 1. The molecule has 63 heavy (non-hydrogen) atoms. The zero-order chi connectivity index (χ0) is 46.6. The monoisotopic (exact) mass is 888 g/mol. The number of anilines is 1. The molecule has 3 aliphatic rings. The van der Waals surface area contributed by atoms with Crippen LogP contribution in [0.2, 0.25) is 0 Å². The molecule has 19 heteroatoms. The Labute approximate surface area is 368 Å². The lowest BCUT2D eigenvalue weighted by atomic mass is 9.76. The molecule has 12 atom stereocenters. The summed E-state index contributed by atoms with van der Waals surface area (Å²) in [4.78, 5) is 57.9. The number of esters is 1. The molecule has 0 aliphatic carbocycles. The van der Waals surface area contributed by atoms with Gasteiger partial charge in [0.15, 0.2) is 18.7 Å². The van der Waals surface area contributed by atoms with Crippen molar-refractivity contribution in [2.75, 3.05) is 33.0 Å². The Morgan fingerprint density at radius 3 is 2.49 bits per heavy atom. The average molecular weight is 889 g/mol. The van der Waals surface area contributed by atoms with E-state index in [9.17, 15) is 24.6 Å². The molecule has 0 radical (unpaired) electrons. The normalized spacial score (nSPS) is 35.7. The van der Waals surface area contributed by atoms with Crippen molar-refractivity contribution in [1.82, 2.24) is 20.2 Å². The highest BCUT2D eigenvalue weighted by molar-refractivity contribution is 6.07. The number of aromatic nitrogens is 2. The minimum absolute atomic E-state index is 0.00512. The molecule has 0 spiro atoms. The largest absolute Gasteiger partial charge is 0.457 e. The van der Waals surface area contributed by atoms with Crippen LogP contribution in [0.3, 0.4) is 0 Å². The number of nitrogens with one attached hydrogen (secondary N) is 1. The molecule has 0 saturated carbocycles. The fourth-order valence-electron chi connectivity index (χ4n) is 8.74. The van der Waals surface area contributed by atoms with E-state index < -0.39 is 83.3 Å². The quantitative estimate of drug-likeness (QED) is 0.150. The molecule has 18 nitrogen and oxygen atoms in total. The molecule has 1 amide bonds. The Kier molecular flexibility index (Phi) is 15.9. The third kappa shape index (κ3) is 11.1. The number of aliphatic hydroxyl groups excluding tert-OH is 1. The Balaban J connectivity index is 1.67. The van der Waals surface area contributed by atoms with Crippen molar-refractivity contribution in [3.63, 3.8) is 0 Å². The number of oxime groups is 1. The summed E-state index contributed by atoms with van der Waals surface area (Å²) in [6.45, 7) is 13.1. The third-order valence-electron chi connectivity index (χ3n) is 12.2. The number of pyridine rings is 1. The lowest BCUT2D eigenvalue weighted by Gasteiger charge is -2.47. The number of halogens is 1. The van der Waals surface area contributed by atoms with E-state index in [2.05, 4.69) is 20.4 Å². The molecule has 5 N–H and O–H groups in total. The number of hydrogen-bond donors (Lipinski definition) is 4. The molecule has 2 aromatic rings. The number of amides is 1. The number of likely N-dealkylation sites (N-methyl/N-ethyl adjacent to an activating group) is 1. The van der Waals surface area contributed by atoms with E-state index in [1.807, 2.05) is 32.8 Å². The van der Waals surface area contributed by atoms with Crippen molar-refractivity contribution in [3.05, 3.63) is 41.4 Å². The summed E-state index contributed by atoms with van der Waals surface area (Å²) in [7, 11) is 3.62. The van der Waals surface area contributed by atoms with Crippen LogP contribution < -0.4 is 11.1 Å². The van der Waals surface area contributed by atoms with Gasteiger partial charge in [0.1, 0.15) is 53.1 Å². The molecule has 2 aromatic heterocycles. The van der Waals surface area contributed by atoms with E-state index in [1.54, 1.807) is 45.9 Å². The van der Waals surface area contributed by atoms with E-state index in [-0.39, 0.29) is 62.4 Å². The zero-order valence-electron chi connectivity index (χ0n) is 38.2. The molecule has 350 valence electrons. The van der Waals surface area contributed by atoms with Crippen LogP contribution in [0.4, 0.5) is 10.2 Å². The summed E-state index contributed by atoms with van der Waals surface area (Å²) >= 11 is 0. The number of alkyl halides is 1. The van der Waals surface area contributed by atoms with E-state index in [0.717, 1.165) is 6.92 Å². The van der Waals surface area contributed by atoms with Crippen LogP contribution in [0.5, 0.6) is 0 Å². The molecule has 1 fully saturated rings. The second kappa shape index (κ2) is 20.2. The van der Waals surface area contributed by atoms with Gasteiger partial charge >= 0.3 is 5.97 Å². The number of aliphatic hydroxyl groups is 2. The van der Waals surface area contributed by atoms with Crippen LogP contribution in [0.25, 0.3) is 11.6 Å². The number of nitrogens with zero attached hydrogens (tertiary/aromatic N) is 4. The first-order chi connectivity index (χ1) is 29.5. The van der Waals surface area contributed by atoms with Crippen LogP contribution in [0, 0.1) is 11.8 Å². The molecule has 5 rings (SSSR count). The summed E-state index contributed by atoms with van der Waals surface area (Å²) in [5, 5.41) is 31.5. The van der Waals surface area contributed by atoms with Crippen LogP contribution in [-0.2, 0) is 49.5 Å². The number of rotatable bonds is 10. The highest BCUT2D eigenvalue weighted by Crippen LogP contribution is 2.41. The minimum atomic E-state index is -3.24. The Morgan fingerprint density at radius 1 is 1.13 bits per heavy atom. The van der Waals surface area contributed by atoms with Gasteiger partial charge in [0.2, 0.25) is 11.8 Å². The Bertz CT molecular complexity index is 2010. The van der Waals surface area contributed by atoms with Crippen molar-refractivity contribution in [2.45, 2.75) is 154 Å². The van der Waals surface area contributed by atoms with Gasteiger partial charge in [-0.3, -0.25) is 9.59 Å². The number of nitrogen functional groups attached to an aromatic ring is 1. The first-order valence-corrected chi connectivity index (χ1v) is 21.5. The van der Waals surface area contributed by atoms with Crippen LogP contribution >= 0.6 is 0 Å². The molecule has 0 unspecified atom stereocenters. The van der Waals surface area contributed by atoms with E-state index >= 15 is 4.39 Å². The number of nitrogens with two attached hydrogens (primary N) is 1. The molecule has 0 aromatic carbocycles. The molecule has 5 heterocycles. The lowest BCUT2D eigenvalue weighted by Crippen LogP contribution is -2.61. The van der Waals surface area contributed by atoms with Crippen molar-refractivity contribution in [2.24, 2.45) is 17.0 Å². The van der Waals surface area contributed by atoms with Crippen molar-refractivity contribution < 1.29 is 61.9 Å². The SMILES string of the molecule is CCC(=O)NC1=C(C)[C@H]2OCC(=NOCc3coc(-c4cccc(N)n4)n3)CO[C@](C)(C[C@H]1C)[C@H](O[C@@H]1O[C@H](C)C[C@H](N(C)C)[C@H]1O)[C@@H](C)C(=O)[C@](C)(F)C(=O)O[C@H](CC)[C@@]2(C)O. The number of allylic oxidation sites excluding steroid dienone is 1. The fourth-order valence-corrected chi connectivity index (χ4v) is 8.74. The Morgan fingerprint density at radius 2 is 1.84 bits per heavy atom. The maximum absolute atomic E-state index is 16.9. The summed E-state index contributed by atoms with van der Waals surface area (Å²) in [5.41, 5.74) is 0.588. The number of carbonyl (C=O) groups excluding carboxylic acids is 3. The van der Waals surface area contributed by atoms with Crippen LogP contribution in [0.15, 0.2) is 45.3 Å². The van der Waals surface area contributed by atoms with Gasteiger partial charge in [0.05, 0.1) is 31.0 Å². The summed E-state index contributed by atoms with van der Waals surface area (Å²) in [5.74, 6) is -4.65. The van der Waals surface area contributed by atoms with Crippen molar-refractivity contribution >= 4 is 29.2 Å². The van der Waals surface area contributed by atoms with Crippen LogP contribution in [0.1, 0.15) is 93.7 Å². The van der Waals surface area contributed by atoms with Gasteiger partial charge in [-0.15, -0.1) is 0 Å². The molecular weight excluding hydrogens is 824 g/mol. The number of oxazole rings is 1. The highest BCUT2D eigenvalue weighted by Gasteiger charge is 2.56. The van der Waals surface area contributed by atoms with Gasteiger partial charge < -0.3 is 59.1 Å². The number of cyclic esters (lactones) is 1. The van der Waals surface area contributed by atoms with Crippen LogP contribution in [-0.4, -0.2) is 135 Å². The predicted molar refractivity (Wildman–Crippen MR) is 227 cm³/mol. The van der Waals surface area contributed by atoms with Gasteiger partial charge in [-0.25, -0.2) is 19.2 Å². The second-order valence-electron chi connectivity index (χ2n) is 17.7. The predicted octanol–water partition coefficient (Wildman–Crippen LogP) is 4.02. The number of fused-ring (bicyclic) bond motifs is 4. The zero-order valence-corrected chi connectivity index (χ0v) is 38.2. The third-order valence-corrected chi connectivity index (χ3v) is 12.2. The van der Waals surface area contributed by atoms with Gasteiger partial charge in [0.25, 0.3) is 5.67 Å². The summed E-state index contributed by atoms with van der Waals surface area (Å²) < 4.78 is 54.4. The standard InChI is InChI=1S/C44H65FN6O12/c1-12-31-44(9,56)38-25(5)34(49-33(52)13-2)23(3)18-42(7,59-21-28(20-57-38)50-60-22-27-19-58-39(47-27)29-15-14-16-32(46)48-29)37(26(6)36(54)43(8,45)41(55)62-31)63-40-35(53)30(51(10)11)17-24(4)61-40/h14-16,19,23-24,26,30-31,35,37-38,40,53,56H,12-13,17-18,20-22H2,1-11H3,(H2,46,48)(H,49,52)/t23-,24-,26+,30+,31-,35-,37-,38-,40+,42-,43+,44-/m1/s1. The molecule has 2 bridgehead atoms. The number of Topliss-reactive ketones (excluding diaryl/α,β-unsaturated/α-hetero) is 1. The maximum Gasteiger partial charge on any atom is 0.351 e. The first kappa shape index (κ1) is 49.6. The number of hydrogen-bond acceptors (Lipinski definition) is 17. The Hall–Kier alpha value is -4.37. The maximum atomic E-state index is 16.9. The van der Waals surface area contributed by atoms with E-state index in [4.69, 9.17) is 38.7 Å². The van der Waals surface area contributed by atoms with Gasteiger partial charge in [-0.2, -0.15) is 0 Å². The molecular formula is C44H65FN6O12. The molecule has 3 aliphatic heterocycles. The van der Waals surface area contributed by atoms with Crippen molar-refractivity contribution in [3.8, 4) is 11.6 Å². The smallest absolute Gasteiger partial charge is 0.351 e. The minimum Gasteiger partial charge on any atom is -0.457 e. The average Bonchev–Trinajstić information content (AvgIpc) is 3.70. The molecule has 1 saturated heterocycles. The highest BCUT2D eigenvalue weighted by atomic mass is 19.1. The van der Waals surface area contributed by atoms with Gasteiger partial charge in [-0.1, -0.05) is 38.9 Å². The lowest BCUT2D eigenvalue weighted by molar-refractivity contribution is -0.296. The topological polar surface area (TPSA) is 240 Å². The summed E-state index contributed by atoms with van der Waals surface area (Å²) in [6, 6.07) is 4.62. The van der Waals surface area contributed by atoms with E-state index in [1.165, 1.54) is 20.1 Å².